The Bertz CT molecular complexity index is 3250. The van der Waals surface area contributed by atoms with E-state index < -0.39 is 57.5 Å². The van der Waals surface area contributed by atoms with Gasteiger partial charge in [0.1, 0.15) is 0 Å². The van der Waals surface area contributed by atoms with Crippen LogP contribution in [-0.2, 0) is 66.9 Å². The maximum Gasteiger partial charge on any atom is 0.488 e. The summed E-state index contributed by atoms with van der Waals surface area (Å²) >= 11 is 0. The molecule has 0 radical (unpaired) electrons. The summed E-state index contributed by atoms with van der Waals surface area (Å²) in [6.45, 7) is 24.3. The van der Waals surface area contributed by atoms with Crippen molar-refractivity contribution in [2.45, 2.75) is 176 Å². The van der Waals surface area contributed by atoms with Crippen molar-refractivity contribution in [2.75, 3.05) is 100 Å². The minimum atomic E-state index is -1.38. The summed E-state index contributed by atoms with van der Waals surface area (Å²) in [6, 6.07) is 42.3. The van der Waals surface area contributed by atoms with Crippen molar-refractivity contribution in [2.24, 2.45) is 0 Å². The topological polar surface area (TPSA) is 557 Å². The highest BCUT2D eigenvalue weighted by Crippen LogP contribution is 2.20. The number of nitro benzene ring substituents is 3. The zero-order valence-electron chi connectivity index (χ0n) is 67.7. The van der Waals surface area contributed by atoms with Crippen molar-refractivity contribution < 1.29 is 118 Å². The quantitative estimate of drug-likeness (QED) is 0.00756. The van der Waals surface area contributed by atoms with Crippen LogP contribution in [0.25, 0.3) is 0 Å². The van der Waals surface area contributed by atoms with E-state index in [2.05, 4.69) is 0 Å². The van der Waals surface area contributed by atoms with Crippen LogP contribution in [0.5, 0.6) is 0 Å². The van der Waals surface area contributed by atoms with Crippen LogP contribution in [-0.4, -0.2) is 233 Å². The maximum atomic E-state index is 10.7. The van der Waals surface area contributed by atoms with Crippen molar-refractivity contribution in [1.29, 1.82) is 0 Å². The fourth-order valence-electron chi connectivity index (χ4n) is 8.40. The highest BCUT2D eigenvalue weighted by molar-refractivity contribution is 6.59. The molecule has 0 unspecified atom stereocenters. The van der Waals surface area contributed by atoms with Crippen LogP contribution < -0.4 is 16.4 Å². The highest BCUT2D eigenvalue weighted by atomic mass is 16.6. The van der Waals surface area contributed by atoms with Crippen molar-refractivity contribution in [1.82, 2.24) is 0 Å². The van der Waals surface area contributed by atoms with Gasteiger partial charge in [0.25, 0.3) is 17.1 Å². The zero-order chi connectivity index (χ0) is 88.0. The lowest BCUT2D eigenvalue weighted by Crippen LogP contribution is -2.32. The summed E-state index contributed by atoms with van der Waals surface area (Å²) in [5.41, 5.74) is 8.33. The largest absolute Gasteiger partial charge is 0.488 e. The Morgan fingerprint density at radius 2 is 0.571 bits per heavy atom. The van der Waals surface area contributed by atoms with Gasteiger partial charge in [0.05, 0.1) is 14.8 Å². The predicted molar refractivity (Wildman–Crippen MR) is 478 cm³/mol. The average molecular weight is 1690 g/mol. The molecule has 0 aliphatic rings. The summed E-state index contributed by atoms with van der Waals surface area (Å²) in [7, 11) is -4.97. The van der Waals surface area contributed by atoms with Gasteiger partial charge in [0, 0.05) is 130 Å². The third kappa shape index (κ3) is 98.1. The maximum absolute atomic E-state index is 10.7. The van der Waals surface area contributed by atoms with Crippen LogP contribution in [0, 0.1) is 60.7 Å². The smallest absolute Gasteiger partial charge is 0.427 e. The third-order valence-corrected chi connectivity index (χ3v) is 13.0. The SMILES string of the molecule is C.C.C.C.C.CB(O)O.CB(O)O.CB(O)O.CCOCCCc1ccc(B(O)O)cc1.CCOCCCc1ccc([N+](=O)[O-])cc1.CCOCCCc1cccc(B(O)O)c1.CCOCCCc1cccc([N+](=O)[O-])c1.CCOCCCc1ccccc1B(O)O.CCOCCCc1ccccc1[N+](=O)[O-].C[N+](=O)[O-].C[N+](=O)[O-].C[N+](=O)[O-]. The van der Waals surface area contributed by atoms with E-state index in [1.807, 2.05) is 96.1 Å². The second-order valence-corrected chi connectivity index (χ2v) is 23.1. The Labute approximate surface area is 707 Å². The Balaban J connectivity index is -0.000000123. The Morgan fingerprint density at radius 1 is 0.294 bits per heavy atom. The molecule has 0 amide bonds. The normalized spacial score (nSPS) is 9.08. The van der Waals surface area contributed by atoms with Gasteiger partial charge in [-0.2, -0.15) is 0 Å². The number of rotatable bonds is 36. The molecule has 42 heteroatoms. The molecule has 0 atom stereocenters. The molecule has 6 rings (SSSR count). The number of para-hydroxylation sites is 1. The van der Waals surface area contributed by atoms with Crippen molar-refractivity contribution >= 4 is 76.2 Å². The van der Waals surface area contributed by atoms with Crippen LogP contribution >= 0.6 is 0 Å². The lowest BCUT2D eigenvalue weighted by Gasteiger charge is -2.08. The number of nitrogens with zero attached hydrogens (tertiary/aromatic N) is 6. The summed E-state index contributed by atoms with van der Waals surface area (Å²) < 4.78 is 31.3. The minimum absolute atomic E-state index is 0. The van der Waals surface area contributed by atoms with Crippen LogP contribution in [0.1, 0.15) is 151 Å². The number of nitro groups is 6. The highest BCUT2D eigenvalue weighted by Gasteiger charge is 2.16. The molecule has 0 aliphatic heterocycles. The first kappa shape index (κ1) is 134. The number of hydrogen-bond acceptors (Lipinski definition) is 30. The van der Waals surface area contributed by atoms with Gasteiger partial charge in [-0.15, -0.1) is 0 Å². The molecule has 36 nitrogen and oxygen atoms in total. The van der Waals surface area contributed by atoms with Crippen LogP contribution in [0.15, 0.2) is 146 Å². The van der Waals surface area contributed by atoms with Gasteiger partial charge < -0.3 is 88.7 Å². The fourth-order valence-corrected chi connectivity index (χ4v) is 8.40. The molecule has 0 spiro atoms. The molecule has 676 valence electrons. The molecule has 0 bridgehead atoms. The van der Waals surface area contributed by atoms with Crippen molar-refractivity contribution in [3.63, 3.8) is 0 Å². The number of benzene rings is 6. The number of non-ortho nitro benzene ring substituents is 2. The predicted octanol–water partition coefficient (Wildman–Crippen LogP) is 8.82. The lowest BCUT2D eigenvalue weighted by molar-refractivity contribution is -0.445. The van der Waals surface area contributed by atoms with Gasteiger partial charge >= 0.3 is 42.7 Å². The standard InChI is InChI=1S/3C11H17BO3.3C11H15NO3.3CH5BO2.3CH3NO2.5CH4/c1-2-15-8-4-6-10-5-3-7-11(9-10)12(13)14;1-2-15-9-3-4-10-5-7-11(8-6-10)12(13)14;1-2-15-9-5-7-10-6-3-4-8-11(10)12(13)14;1-2-15-8-4-6-10-5-3-7-11(9-10)12(13)14;1-2-15-9-3-4-10-5-7-11(8-6-10)12(13)14;1-2-15-9-5-7-10-6-3-4-8-11(10)12(13)14;6*1-2(3)4;;;;;/h3,5,7,9,13-14H,2,4,6,8H2,1H3;5-8,13-14H,2-4,9H2,1H3;3-4,6,8,13-14H,2,5,7,9H2,1H3;3,5,7,9H,2,4,6,8H2,1H3;5-8H,2-4,9H2,1H3;3-4,6,8H,2,5,7,9H2,1H3;3*3-4H,1H3;3*1H3;5*1H4. The van der Waals surface area contributed by atoms with Gasteiger partial charge in [-0.3, -0.25) is 60.7 Å². The molecule has 12 N–H and O–H groups in total. The second-order valence-electron chi connectivity index (χ2n) is 23.1. The summed E-state index contributed by atoms with van der Waals surface area (Å²) in [5, 5.41) is 158. The van der Waals surface area contributed by atoms with E-state index in [4.69, 9.17) is 119 Å². The van der Waals surface area contributed by atoms with E-state index in [1.165, 1.54) is 50.3 Å². The van der Waals surface area contributed by atoms with Crippen molar-refractivity contribution in [3.8, 4) is 0 Å². The van der Waals surface area contributed by atoms with E-state index in [0.29, 0.717) is 49.2 Å². The van der Waals surface area contributed by atoms with Gasteiger partial charge in [0.15, 0.2) is 21.1 Å². The van der Waals surface area contributed by atoms with Gasteiger partial charge in [-0.05, 0) is 183 Å². The molecule has 0 aromatic heterocycles. The number of ether oxygens (including phenoxy) is 6. The van der Waals surface area contributed by atoms with E-state index in [9.17, 15) is 30.3 Å². The van der Waals surface area contributed by atoms with E-state index in [-0.39, 0.29) is 69.0 Å². The first-order valence-electron chi connectivity index (χ1n) is 36.7. The zero-order valence-corrected chi connectivity index (χ0v) is 67.7. The molecule has 6 aromatic carbocycles. The molecule has 119 heavy (non-hydrogen) atoms. The van der Waals surface area contributed by atoms with Gasteiger partial charge in [-0.1, -0.05) is 152 Å². The van der Waals surface area contributed by atoms with Crippen molar-refractivity contribution in [3.05, 3.63) is 240 Å². The molecule has 0 saturated heterocycles. The van der Waals surface area contributed by atoms with Gasteiger partial charge in [0.2, 0.25) is 0 Å². The first-order chi connectivity index (χ1) is 53.8. The van der Waals surface area contributed by atoms with Gasteiger partial charge in [-0.25, -0.2) is 0 Å². The summed E-state index contributed by atoms with van der Waals surface area (Å²) in [5.74, 6) is 0. The lowest BCUT2D eigenvalue weighted by atomic mass is 9.76. The van der Waals surface area contributed by atoms with Crippen LogP contribution in [0.2, 0.25) is 20.5 Å². The molecule has 0 saturated carbocycles. The molecule has 0 fully saturated rings. The summed E-state index contributed by atoms with van der Waals surface area (Å²) in [4.78, 5) is 55.4. The van der Waals surface area contributed by atoms with Crippen LogP contribution in [0.3, 0.4) is 0 Å². The minimum Gasteiger partial charge on any atom is -0.427 e. The first-order valence-corrected chi connectivity index (χ1v) is 36.7. The molecular formula is C77H140B6N6O30. The third-order valence-electron chi connectivity index (χ3n) is 13.0. The second kappa shape index (κ2) is 93.3. The van der Waals surface area contributed by atoms with Crippen LogP contribution in [0.4, 0.5) is 17.1 Å². The molecule has 0 heterocycles. The van der Waals surface area contributed by atoms with E-state index in [0.717, 1.165) is 172 Å². The van der Waals surface area contributed by atoms with E-state index >= 15 is 0 Å². The molecule has 0 aliphatic carbocycles. The monoisotopic (exact) mass is 1700 g/mol. The Hall–Kier alpha value is -8.61. The van der Waals surface area contributed by atoms with E-state index in [1.54, 1.807) is 66.7 Å². The Morgan fingerprint density at radius 3 is 0.882 bits per heavy atom. The summed E-state index contributed by atoms with van der Waals surface area (Å²) in [6.07, 6.45) is 10.6. The molecular weight excluding hydrogens is 1550 g/mol. The molecule has 6 aromatic rings. The number of hydrogen-bond donors (Lipinski definition) is 12. The Kier molecular flexibility index (Phi) is 105. The fraction of sp³-hybridized carbons (Fsp3) is 0.532. The number of aryl methyl sites for hydroxylation is 6. The average Bonchev–Trinajstić information content (AvgIpc) is 1.35.